The van der Waals surface area contributed by atoms with Crippen molar-refractivity contribution in [2.45, 2.75) is 32.2 Å². The maximum Gasteiger partial charge on any atom is 0.335 e. The van der Waals surface area contributed by atoms with Gasteiger partial charge in [-0.05, 0) is 54.7 Å². The van der Waals surface area contributed by atoms with Crippen LogP contribution in [0, 0.1) is 0 Å². The maximum absolute atomic E-state index is 13.2. The number of carbonyl (C=O) groups is 2. The van der Waals surface area contributed by atoms with E-state index in [1.54, 1.807) is 12.1 Å². The Morgan fingerprint density at radius 2 is 1.65 bits per heavy atom. The van der Waals surface area contributed by atoms with Gasteiger partial charge >= 0.3 is 5.97 Å². The maximum atomic E-state index is 13.2. The second-order valence-corrected chi connectivity index (χ2v) is 7.89. The average molecular weight is 415 g/mol. The minimum atomic E-state index is -0.950. The van der Waals surface area contributed by atoms with Crippen LogP contribution in [0.15, 0.2) is 72.8 Å². The third-order valence-electron chi connectivity index (χ3n) is 5.90. The van der Waals surface area contributed by atoms with Crippen LogP contribution in [0.4, 0.5) is 11.4 Å². The molecule has 1 aliphatic rings. The second kappa shape index (κ2) is 9.04. The fourth-order valence-corrected chi connectivity index (χ4v) is 4.23. The highest BCUT2D eigenvalue weighted by atomic mass is 16.4. The molecule has 1 unspecified atom stereocenters. The fourth-order valence-electron chi connectivity index (χ4n) is 4.23. The van der Waals surface area contributed by atoms with Crippen LogP contribution in [0.3, 0.4) is 0 Å². The van der Waals surface area contributed by atoms with Gasteiger partial charge in [0.15, 0.2) is 0 Å². The van der Waals surface area contributed by atoms with Crippen molar-refractivity contribution in [2.24, 2.45) is 0 Å². The smallest absolute Gasteiger partial charge is 0.335 e. The minimum absolute atomic E-state index is 0.0735. The van der Waals surface area contributed by atoms with Crippen molar-refractivity contribution in [2.75, 3.05) is 16.8 Å². The first-order chi connectivity index (χ1) is 15.0. The molecule has 4 rings (SSSR count). The first-order valence-corrected chi connectivity index (χ1v) is 10.6. The predicted octanol–water partition coefficient (Wildman–Crippen LogP) is 4.76. The summed E-state index contributed by atoms with van der Waals surface area (Å²) in [5.74, 6) is -1.02. The molecule has 1 amide bonds. The van der Waals surface area contributed by atoms with Gasteiger partial charge in [0.1, 0.15) is 6.04 Å². The number of aromatic carboxylic acids is 1. The summed E-state index contributed by atoms with van der Waals surface area (Å²) in [6.07, 6.45) is 2.49. The van der Waals surface area contributed by atoms with Gasteiger partial charge in [-0.2, -0.15) is 0 Å². The number of nitrogens with one attached hydrogen (secondary N) is 1. The van der Waals surface area contributed by atoms with Crippen molar-refractivity contribution in [3.63, 3.8) is 0 Å². The standard InChI is InChI=1S/C26H26N2O3/c1-18(28-16-8-12-19-9-4-7-15-24(19)28)25(29)27-23-14-6-3-11-21(23)17-20-10-2-5-13-22(20)26(30)31/h2-7,9-11,13-15,18H,8,12,16-17H2,1H3,(H,27,29)(H,30,31). The van der Waals surface area contributed by atoms with E-state index in [1.807, 2.05) is 55.5 Å². The molecule has 5 nitrogen and oxygen atoms in total. The molecule has 0 saturated carbocycles. The highest BCUT2D eigenvalue weighted by Crippen LogP contribution is 2.29. The van der Waals surface area contributed by atoms with E-state index >= 15 is 0 Å². The summed E-state index contributed by atoms with van der Waals surface area (Å²) < 4.78 is 0. The van der Waals surface area contributed by atoms with Crippen LogP contribution in [0.2, 0.25) is 0 Å². The van der Waals surface area contributed by atoms with E-state index in [-0.39, 0.29) is 17.5 Å². The van der Waals surface area contributed by atoms with E-state index in [1.165, 1.54) is 5.56 Å². The second-order valence-electron chi connectivity index (χ2n) is 7.89. The highest BCUT2D eigenvalue weighted by Gasteiger charge is 2.26. The number of hydrogen-bond acceptors (Lipinski definition) is 3. The van der Waals surface area contributed by atoms with E-state index in [2.05, 4.69) is 22.3 Å². The zero-order valence-electron chi connectivity index (χ0n) is 17.5. The Balaban J connectivity index is 1.55. The van der Waals surface area contributed by atoms with Crippen LogP contribution in [-0.4, -0.2) is 29.6 Å². The highest BCUT2D eigenvalue weighted by molar-refractivity contribution is 5.97. The van der Waals surface area contributed by atoms with Gasteiger partial charge in [0.2, 0.25) is 5.91 Å². The summed E-state index contributed by atoms with van der Waals surface area (Å²) in [5.41, 5.74) is 5.00. The quantitative estimate of drug-likeness (QED) is 0.610. The van der Waals surface area contributed by atoms with Gasteiger partial charge in [-0.3, -0.25) is 4.79 Å². The number of rotatable bonds is 6. The van der Waals surface area contributed by atoms with Crippen molar-refractivity contribution in [3.05, 3.63) is 95.1 Å². The Morgan fingerprint density at radius 1 is 0.968 bits per heavy atom. The van der Waals surface area contributed by atoms with Crippen molar-refractivity contribution < 1.29 is 14.7 Å². The molecule has 0 bridgehead atoms. The molecule has 0 spiro atoms. The molecule has 158 valence electrons. The number of fused-ring (bicyclic) bond motifs is 1. The van der Waals surface area contributed by atoms with Gasteiger partial charge < -0.3 is 15.3 Å². The normalized spacial score (nSPS) is 13.9. The van der Waals surface area contributed by atoms with Crippen LogP contribution in [-0.2, 0) is 17.6 Å². The lowest BCUT2D eigenvalue weighted by Crippen LogP contribution is -2.44. The molecule has 31 heavy (non-hydrogen) atoms. The van der Waals surface area contributed by atoms with Crippen LogP contribution < -0.4 is 10.2 Å². The minimum Gasteiger partial charge on any atom is -0.478 e. The van der Waals surface area contributed by atoms with Gasteiger partial charge in [-0.15, -0.1) is 0 Å². The van der Waals surface area contributed by atoms with Crippen LogP contribution in [0.25, 0.3) is 0 Å². The van der Waals surface area contributed by atoms with E-state index in [4.69, 9.17) is 0 Å². The Labute approximate surface area is 182 Å². The third kappa shape index (κ3) is 4.45. The first kappa shape index (κ1) is 20.7. The predicted molar refractivity (Wildman–Crippen MR) is 123 cm³/mol. The van der Waals surface area contributed by atoms with Gasteiger partial charge in [-0.1, -0.05) is 54.6 Å². The van der Waals surface area contributed by atoms with Gasteiger partial charge in [-0.25, -0.2) is 4.79 Å². The molecule has 1 atom stereocenters. The monoisotopic (exact) mass is 414 g/mol. The lowest BCUT2D eigenvalue weighted by atomic mass is 9.98. The first-order valence-electron chi connectivity index (χ1n) is 10.6. The molecule has 0 saturated heterocycles. The zero-order chi connectivity index (χ0) is 21.8. The van der Waals surface area contributed by atoms with Crippen LogP contribution >= 0.6 is 0 Å². The number of benzene rings is 3. The van der Waals surface area contributed by atoms with Crippen molar-refractivity contribution >= 4 is 23.3 Å². The van der Waals surface area contributed by atoms with E-state index in [0.29, 0.717) is 12.1 Å². The molecule has 0 aliphatic carbocycles. The summed E-state index contributed by atoms with van der Waals surface area (Å²) in [6, 6.07) is 22.5. The molecular formula is C26H26N2O3. The number of hydrogen-bond donors (Lipinski definition) is 2. The number of aryl methyl sites for hydroxylation is 1. The van der Waals surface area contributed by atoms with Crippen LogP contribution in [0.5, 0.6) is 0 Å². The Morgan fingerprint density at radius 3 is 2.45 bits per heavy atom. The SMILES string of the molecule is CC(C(=O)Nc1ccccc1Cc1ccccc1C(=O)O)N1CCCc2ccccc21. The summed E-state index contributed by atoms with van der Waals surface area (Å²) in [7, 11) is 0. The van der Waals surface area contributed by atoms with Gasteiger partial charge in [0.25, 0.3) is 0 Å². The average Bonchev–Trinajstić information content (AvgIpc) is 2.79. The summed E-state index contributed by atoms with van der Waals surface area (Å²) in [4.78, 5) is 26.9. The summed E-state index contributed by atoms with van der Waals surface area (Å²) in [5, 5.41) is 12.6. The molecule has 0 aromatic heterocycles. The van der Waals surface area contributed by atoms with Crippen LogP contribution in [0.1, 0.15) is 40.4 Å². The number of amides is 1. The number of para-hydroxylation sites is 2. The van der Waals surface area contributed by atoms with Crippen molar-refractivity contribution in [1.82, 2.24) is 0 Å². The summed E-state index contributed by atoms with van der Waals surface area (Å²) >= 11 is 0. The largest absolute Gasteiger partial charge is 0.478 e. The lowest BCUT2D eigenvalue weighted by Gasteiger charge is -2.35. The Hall–Kier alpha value is -3.60. The molecular weight excluding hydrogens is 388 g/mol. The molecule has 2 N–H and O–H groups in total. The Bertz CT molecular complexity index is 1110. The van der Waals surface area contributed by atoms with E-state index < -0.39 is 5.97 Å². The molecule has 1 aliphatic heterocycles. The lowest BCUT2D eigenvalue weighted by molar-refractivity contribution is -0.117. The van der Waals surface area contributed by atoms with E-state index in [0.717, 1.165) is 36.2 Å². The molecule has 3 aromatic carbocycles. The summed E-state index contributed by atoms with van der Waals surface area (Å²) in [6.45, 7) is 2.78. The molecule has 0 radical (unpaired) electrons. The molecule has 1 heterocycles. The van der Waals surface area contributed by atoms with Gasteiger partial charge in [0.05, 0.1) is 5.56 Å². The van der Waals surface area contributed by atoms with E-state index in [9.17, 15) is 14.7 Å². The number of carboxylic acid groups (broad SMARTS) is 1. The zero-order valence-corrected chi connectivity index (χ0v) is 17.5. The number of carbonyl (C=O) groups excluding carboxylic acids is 1. The number of anilines is 2. The van der Waals surface area contributed by atoms with Gasteiger partial charge in [0, 0.05) is 24.3 Å². The Kier molecular flexibility index (Phi) is 6.03. The fraction of sp³-hybridized carbons (Fsp3) is 0.231. The molecule has 5 heteroatoms. The number of carboxylic acids is 1. The molecule has 0 fully saturated rings. The molecule has 3 aromatic rings. The topological polar surface area (TPSA) is 69.6 Å². The third-order valence-corrected chi connectivity index (χ3v) is 5.90. The van der Waals surface area contributed by atoms with Crippen molar-refractivity contribution in [1.29, 1.82) is 0 Å². The van der Waals surface area contributed by atoms with Crippen molar-refractivity contribution in [3.8, 4) is 0 Å². The number of nitrogens with zero attached hydrogens (tertiary/aromatic N) is 1.